The number of hydrogen-bond acceptors (Lipinski definition) is 5. The Morgan fingerprint density at radius 2 is 2.10 bits per heavy atom. The van der Waals surface area contributed by atoms with Crippen LogP contribution in [0.15, 0.2) is 24.5 Å². The molecule has 2 N–H and O–H groups in total. The van der Waals surface area contributed by atoms with Crippen LogP contribution in [0.3, 0.4) is 0 Å². The number of rotatable bonds is 5. The third-order valence-electron chi connectivity index (χ3n) is 3.68. The average Bonchev–Trinajstić information content (AvgIpc) is 2.96. The molecule has 2 aromatic rings. The molecule has 0 fully saturated rings. The van der Waals surface area contributed by atoms with Crippen LogP contribution in [0.4, 0.5) is 5.82 Å². The molecule has 110 valence electrons. The van der Waals surface area contributed by atoms with Gasteiger partial charge in [0.25, 0.3) is 0 Å². The summed E-state index contributed by atoms with van der Waals surface area (Å²) < 4.78 is 5.49. The first-order valence-electron chi connectivity index (χ1n) is 7.27. The number of nitrogens with one attached hydrogen (secondary N) is 2. The molecule has 0 unspecified atom stereocenters. The number of aromatic nitrogens is 2. The van der Waals surface area contributed by atoms with Crippen LogP contribution in [0.1, 0.15) is 29.2 Å². The number of hydrogen-bond donors (Lipinski definition) is 2. The fraction of sp³-hybridized carbons (Fsp3) is 0.375. The van der Waals surface area contributed by atoms with Gasteiger partial charge in [0.05, 0.1) is 12.2 Å². The Kier molecular flexibility index (Phi) is 4.01. The molecule has 1 aromatic carbocycles. The molecule has 0 amide bonds. The average molecular weight is 284 g/mol. The number of ether oxygens (including phenoxy) is 1. The molecule has 21 heavy (non-hydrogen) atoms. The van der Waals surface area contributed by atoms with E-state index in [2.05, 4.69) is 38.8 Å². The Hall–Kier alpha value is -2.14. The zero-order valence-electron chi connectivity index (χ0n) is 12.4. The predicted octanol–water partition coefficient (Wildman–Crippen LogP) is 2.40. The summed E-state index contributed by atoms with van der Waals surface area (Å²) in [6.45, 7) is 7.22. The monoisotopic (exact) mass is 284 g/mol. The second-order valence-electron chi connectivity index (χ2n) is 5.15. The molecule has 0 radical (unpaired) electrons. The molecule has 5 nitrogen and oxygen atoms in total. The van der Waals surface area contributed by atoms with Crippen LogP contribution >= 0.6 is 0 Å². The minimum Gasteiger partial charge on any atom is -0.478 e. The van der Waals surface area contributed by atoms with Crippen LogP contribution in [-0.2, 0) is 19.6 Å². The Balaban J connectivity index is 1.71. The number of fused-ring (bicyclic) bond motifs is 1. The molecule has 0 saturated carbocycles. The van der Waals surface area contributed by atoms with Crippen molar-refractivity contribution in [3.05, 3.63) is 46.8 Å². The molecule has 0 bridgehead atoms. The predicted molar refractivity (Wildman–Crippen MR) is 82.3 cm³/mol. The Morgan fingerprint density at radius 3 is 2.95 bits per heavy atom. The van der Waals surface area contributed by atoms with Gasteiger partial charge in [-0.1, -0.05) is 18.2 Å². The number of nitrogens with zero attached hydrogens (tertiary/aromatic N) is 2. The zero-order valence-corrected chi connectivity index (χ0v) is 12.4. The highest BCUT2D eigenvalue weighted by atomic mass is 16.5. The van der Waals surface area contributed by atoms with E-state index in [4.69, 9.17) is 4.74 Å². The summed E-state index contributed by atoms with van der Waals surface area (Å²) in [6.07, 6.45) is 1.53. The topological polar surface area (TPSA) is 59.1 Å². The van der Waals surface area contributed by atoms with Crippen molar-refractivity contribution in [1.82, 2.24) is 15.3 Å². The van der Waals surface area contributed by atoms with Crippen molar-refractivity contribution in [2.75, 3.05) is 11.9 Å². The minimum absolute atomic E-state index is 0.606. The lowest BCUT2D eigenvalue weighted by Crippen LogP contribution is -2.06. The van der Waals surface area contributed by atoms with Gasteiger partial charge in [-0.25, -0.2) is 9.97 Å². The largest absolute Gasteiger partial charge is 0.478 e. The molecule has 1 aromatic heterocycles. The van der Waals surface area contributed by atoms with E-state index in [-0.39, 0.29) is 0 Å². The first kappa shape index (κ1) is 13.8. The summed E-state index contributed by atoms with van der Waals surface area (Å²) in [4.78, 5) is 8.44. The quantitative estimate of drug-likeness (QED) is 0.883. The molecule has 3 rings (SSSR count). The van der Waals surface area contributed by atoms with E-state index >= 15 is 0 Å². The van der Waals surface area contributed by atoms with Crippen LogP contribution in [-0.4, -0.2) is 16.6 Å². The molecule has 0 aliphatic carbocycles. The van der Waals surface area contributed by atoms with Crippen molar-refractivity contribution >= 4 is 5.82 Å². The van der Waals surface area contributed by atoms with Gasteiger partial charge in [-0.3, -0.25) is 0 Å². The Bertz CT molecular complexity index is 642. The third-order valence-corrected chi connectivity index (χ3v) is 3.68. The standard InChI is InChI=1S/C16H20N4O/c1-3-21-16-11(2)15(19-10-20-16)18-7-12-4-5-13-8-17-9-14(13)6-12/h4-6,10,17H,3,7-9H2,1-2H3,(H,18,19,20). The highest BCUT2D eigenvalue weighted by Gasteiger charge is 2.11. The van der Waals surface area contributed by atoms with Gasteiger partial charge in [0, 0.05) is 19.6 Å². The lowest BCUT2D eigenvalue weighted by molar-refractivity contribution is 0.324. The van der Waals surface area contributed by atoms with E-state index in [9.17, 15) is 0 Å². The summed E-state index contributed by atoms with van der Waals surface area (Å²) in [6, 6.07) is 6.62. The highest BCUT2D eigenvalue weighted by Crippen LogP contribution is 2.22. The van der Waals surface area contributed by atoms with Gasteiger partial charge in [0.2, 0.25) is 5.88 Å². The Morgan fingerprint density at radius 1 is 1.24 bits per heavy atom. The second kappa shape index (κ2) is 6.10. The molecule has 0 saturated heterocycles. The molecule has 0 spiro atoms. The highest BCUT2D eigenvalue weighted by molar-refractivity contribution is 5.48. The first-order valence-corrected chi connectivity index (χ1v) is 7.27. The van der Waals surface area contributed by atoms with Gasteiger partial charge >= 0.3 is 0 Å². The third kappa shape index (κ3) is 2.97. The lowest BCUT2D eigenvalue weighted by Gasteiger charge is -2.12. The van der Waals surface area contributed by atoms with Gasteiger partial charge < -0.3 is 15.4 Å². The smallest absolute Gasteiger partial charge is 0.221 e. The molecule has 2 heterocycles. The summed E-state index contributed by atoms with van der Waals surface area (Å²) >= 11 is 0. The van der Waals surface area contributed by atoms with E-state index in [1.54, 1.807) is 0 Å². The molecule has 1 aliphatic rings. The zero-order chi connectivity index (χ0) is 14.7. The molecular formula is C16H20N4O. The number of anilines is 1. The lowest BCUT2D eigenvalue weighted by atomic mass is 10.1. The SMILES string of the molecule is CCOc1ncnc(NCc2ccc3c(c2)CNC3)c1C. The molecule has 0 atom stereocenters. The minimum atomic E-state index is 0.606. The van der Waals surface area contributed by atoms with Crippen LogP contribution < -0.4 is 15.4 Å². The van der Waals surface area contributed by atoms with Crippen molar-refractivity contribution in [2.45, 2.75) is 33.5 Å². The van der Waals surface area contributed by atoms with Crippen LogP contribution in [0.25, 0.3) is 0 Å². The fourth-order valence-electron chi connectivity index (χ4n) is 2.54. The molecule has 5 heteroatoms. The van der Waals surface area contributed by atoms with E-state index in [1.807, 2.05) is 13.8 Å². The second-order valence-corrected chi connectivity index (χ2v) is 5.15. The summed E-state index contributed by atoms with van der Waals surface area (Å²) in [5.74, 6) is 1.47. The maximum absolute atomic E-state index is 5.49. The van der Waals surface area contributed by atoms with E-state index in [0.29, 0.717) is 12.5 Å². The fourth-order valence-corrected chi connectivity index (χ4v) is 2.54. The van der Waals surface area contributed by atoms with Gasteiger partial charge in [0.15, 0.2) is 0 Å². The molecular weight excluding hydrogens is 264 g/mol. The van der Waals surface area contributed by atoms with Crippen molar-refractivity contribution in [2.24, 2.45) is 0 Å². The number of benzene rings is 1. The van der Waals surface area contributed by atoms with Crippen LogP contribution in [0.2, 0.25) is 0 Å². The summed E-state index contributed by atoms with van der Waals surface area (Å²) in [5, 5.41) is 6.73. The van der Waals surface area contributed by atoms with E-state index < -0.39 is 0 Å². The van der Waals surface area contributed by atoms with Gasteiger partial charge in [-0.2, -0.15) is 0 Å². The molecule has 1 aliphatic heterocycles. The Labute approximate surface area is 124 Å². The van der Waals surface area contributed by atoms with Gasteiger partial charge in [-0.05, 0) is 30.5 Å². The first-order chi connectivity index (χ1) is 10.3. The van der Waals surface area contributed by atoms with E-state index in [0.717, 1.165) is 31.0 Å². The van der Waals surface area contributed by atoms with Gasteiger partial charge in [0.1, 0.15) is 12.1 Å². The van der Waals surface area contributed by atoms with Crippen molar-refractivity contribution < 1.29 is 4.74 Å². The van der Waals surface area contributed by atoms with Crippen molar-refractivity contribution in [3.63, 3.8) is 0 Å². The van der Waals surface area contributed by atoms with Crippen LogP contribution in [0.5, 0.6) is 5.88 Å². The normalized spacial score (nSPS) is 13.0. The maximum Gasteiger partial charge on any atom is 0.221 e. The summed E-state index contributed by atoms with van der Waals surface area (Å²) in [5.41, 5.74) is 5.00. The summed E-state index contributed by atoms with van der Waals surface area (Å²) in [7, 11) is 0. The van der Waals surface area contributed by atoms with E-state index in [1.165, 1.54) is 23.0 Å². The maximum atomic E-state index is 5.49. The van der Waals surface area contributed by atoms with Gasteiger partial charge in [-0.15, -0.1) is 0 Å². The van der Waals surface area contributed by atoms with Crippen molar-refractivity contribution in [3.8, 4) is 5.88 Å². The van der Waals surface area contributed by atoms with Crippen LogP contribution in [0, 0.1) is 6.92 Å². The van der Waals surface area contributed by atoms with Crippen molar-refractivity contribution in [1.29, 1.82) is 0 Å².